The molecule has 3 heterocycles. The van der Waals surface area contributed by atoms with E-state index in [1.165, 1.54) is 12.0 Å². The first-order valence-corrected chi connectivity index (χ1v) is 5.62. The fourth-order valence-electron chi connectivity index (χ4n) is 2.32. The zero-order valence-corrected chi connectivity index (χ0v) is 9.31. The molecule has 4 nitrogen and oxygen atoms in total. The molecule has 0 bridgehead atoms. The van der Waals surface area contributed by atoms with Gasteiger partial charge in [-0.15, -0.1) is 0 Å². The summed E-state index contributed by atoms with van der Waals surface area (Å²) in [4.78, 5) is 4.40. The molecule has 0 radical (unpaired) electrons. The van der Waals surface area contributed by atoms with Gasteiger partial charge in [-0.1, -0.05) is 0 Å². The summed E-state index contributed by atoms with van der Waals surface area (Å²) < 4.78 is 5.38. The van der Waals surface area contributed by atoms with Crippen LogP contribution in [0.15, 0.2) is 29.0 Å². The maximum atomic E-state index is 5.38. The second-order valence-electron chi connectivity index (χ2n) is 4.23. The van der Waals surface area contributed by atoms with Gasteiger partial charge in [-0.05, 0) is 25.1 Å². The van der Waals surface area contributed by atoms with Gasteiger partial charge in [0, 0.05) is 31.3 Å². The number of nitrogens with one attached hydrogen (secondary N) is 1. The van der Waals surface area contributed by atoms with Crippen molar-refractivity contribution in [1.82, 2.24) is 15.4 Å². The van der Waals surface area contributed by atoms with E-state index in [9.17, 15) is 0 Å². The highest BCUT2D eigenvalue weighted by Crippen LogP contribution is 2.27. The molecule has 3 rings (SSSR count). The number of nitrogens with zero attached hydrogens (tertiary/aromatic N) is 2. The van der Waals surface area contributed by atoms with Gasteiger partial charge in [-0.25, -0.2) is 5.01 Å². The first-order valence-electron chi connectivity index (χ1n) is 5.62. The van der Waals surface area contributed by atoms with Crippen LogP contribution < -0.4 is 5.43 Å². The van der Waals surface area contributed by atoms with Gasteiger partial charge in [-0.3, -0.25) is 10.4 Å². The Hall–Kier alpha value is -1.39. The molecule has 0 unspecified atom stereocenters. The van der Waals surface area contributed by atoms with Crippen molar-refractivity contribution in [3.05, 3.63) is 30.2 Å². The highest BCUT2D eigenvalue weighted by atomic mass is 16.3. The van der Waals surface area contributed by atoms with Crippen LogP contribution in [0.4, 0.5) is 0 Å². The number of hydrogen-bond donors (Lipinski definition) is 1. The Labute approximate surface area is 94.2 Å². The van der Waals surface area contributed by atoms with E-state index in [0.717, 1.165) is 24.2 Å². The summed E-state index contributed by atoms with van der Waals surface area (Å²) in [6, 6.07) is 4.01. The summed E-state index contributed by atoms with van der Waals surface area (Å²) in [5, 5.41) is 2.23. The molecule has 84 valence electrons. The van der Waals surface area contributed by atoms with Crippen molar-refractivity contribution >= 4 is 11.1 Å². The standard InChI is InChI=1S/C12H15N3O/c1-13-15-4-2-9(8-15)10-6-12-11(14-7-10)3-5-16-12/h3,5-7,9,13H,2,4,8H2,1H3/t9-/m1/s1. The number of pyridine rings is 1. The minimum Gasteiger partial charge on any atom is -0.463 e. The second-order valence-corrected chi connectivity index (χ2v) is 4.23. The first-order chi connectivity index (χ1) is 7.86. The zero-order chi connectivity index (χ0) is 11.0. The number of fused-ring (bicyclic) bond motifs is 1. The van der Waals surface area contributed by atoms with E-state index in [0.29, 0.717) is 5.92 Å². The molecule has 0 amide bonds. The lowest BCUT2D eigenvalue weighted by atomic mass is 10.0. The highest BCUT2D eigenvalue weighted by molar-refractivity contribution is 5.72. The highest BCUT2D eigenvalue weighted by Gasteiger charge is 2.23. The third kappa shape index (κ3) is 1.60. The molecule has 0 aromatic carbocycles. The smallest absolute Gasteiger partial charge is 0.152 e. The molecule has 0 saturated carbocycles. The average Bonchev–Trinajstić information content (AvgIpc) is 2.96. The monoisotopic (exact) mass is 217 g/mol. The molecule has 2 aromatic heterocycles. The van der Waals surface area contributed by atoms with E-state index < -0.39 is 0 Å². The minimum absolute atomic E-state index is 0.564. The van der Waals surface area contributed by atoms with Crippen LogP contribution in [0.2, 0.25) is 0 Å². The van der Waals surface area contributed by atoms with Crippen molar-refractivity contribution in [2.75, 3.05) is 20.1 Å². The van der Waals surface area contributed by atoms with Gasteiger partial charge < -0.3 is 4.42 Å². The van der Waals surface area contributed by atoms with E-state index in [1.807, 2.05) is 19.3 Å². The Morgan fingerprint density at radius 2 is 2.50 bits per heavy atom. The lowest BCUT2D eigenvalue weighted by molar-refractivity contribution is 0.258. The van der Waals surface area contributed by atoms with Crippen molar-refractivity contribution in [1.29, 1.82) is 0 Å². The fraction of sp³-hybridized carbons (Fsp3) is 0.417. The molecular formula is C12H15N3O. The van der Waals surface area contributed by atoms with Crippen molar-refractivity contribution in [3.63, 3.8) is 0 Å². The Morgan fingerprint density at radius 1 is 1.56 bits per heavy atom. The quantitative estimate of drug-likeness (QED) is 0.832. The molecule has 1 aliphatic heterocycles. The zero-order valence-electron chi connectivity index (χ0n) is 9.31. The van der Waals surface area contributed by atoms with Crippen LogP contribution in [-0.2, 0) is 0 Å². The van der Waals surface area contributed by atoms with E-state index in [1.54, 1.807) is 6.26 Å². The van der Waals surface area contributed by atoms with Gasteiger partial charge in [0.15, 0.2) is 5.58 Å². The third-order valence-corrected chi connectivity index (χ3v) is 3.30. The summed E-state index contributed by atoms with van der Waals surface area (Å²) >= 11 is 0. The van der Waals surface area contributed by atoms with E-state index in [-0.39, 0.29) is 0 Å². The molecule has 4 heteroatoms. The summed E-state index contributed by atoms with van der Waals surface area (Å²) in [6.07, 6.45) is 4.84. The molecule has 1 N–H and O–H groups in total. The van der Waals surface area contributed by atoms with Crippen LogP contribution in [0.1, 0.15) is 17.9 Å². The Morgan fingerprint density at radius 3 is 3.31 bits per heavy atom. The molecule has 1 saturated heterocycles. The second kappa shape index (κ2) is 3.88. The number of hydrogen-bond acceptors (Lipinski definition) is 4. The van der Waals surface area contributed by atoms with Crippen LogP contribution >= 0.6 is 0 Å². The van der Waals surface area contributed by atoms with E-state index >= 15 is 0 Å². The normalized spacial score (nSPS) is 21.9. The van der Waals surface area contributed by atoms with Crippen molar-refractivity contribution in [2.45, 2.75) is 12.3 Å². The van der Waals surface area contributed by atoms with Crippen LogP contribution in [0.3, 0.4) is 0 Å². The van der Waals surface area contributed by atoms with Gasteiger partial charge in [0.25, 0.3) is 0 Å². The van der Waals surface area contributed by atoms with Gasteiger partial charge in [0.1, 0.15) is 5.52 Å². The Kier molecular flexibility index (Phi) is 2.38. The van der Waals surface area contributed by atoms with Crippen molar-refractivity contribution in [3.8, 4) is 0 Å². The van der Waals surface area contributed by atoms with Crippen LogP contribution in [-0.4, -0.2) is 30.1 Å². The van der Waals surface area contributed by atoms with E-state index in [4.69, 9.17) is 4.42 Å². The van der Waals surface area contributed by atoms with Gasteiger partial charge >= 0.3 is 0 Å². The molecule has 0 spiro atoms. The predicted octanol–water partition coefficient (Wildman–Crippen LogP) is 1.75. The maximum absolute atomic E-state index is 5.38. The summed E-state index contributed by atoms with van der Waals surface area (Å²) in [7, 11) is 1.97. The average molecular weight is 217 g/mol. The van der Waals surface area contributed by atoms with Crippen molar-refractivity contribution in [2.24, 2.45) is 0 Å². The molecule has 1 fully saturated rings. The fourth-order valence-corrected chi connectivity index (χ4v) is 2.32. The van der Waals surface area contributed by atoms with Gasteiger partial charge in [0.05, 0.1) is 6.26 Å². The molecule has 1 atom stereocenters. The Bertz CT molecular complexity index is 494. The number of hydrazine groups is 1. The van der Waals surface area contributed by atoms with Crippen LogP contribution in [0.5, 0.6) is 0 Å². The van der Waals surface area contributed by atoms with E-state index in [2.05, 4.69) is 21.5 Å². The lowest BCUT2D eigenvalue weighted by Crippen LogP contribution is -2.32. The van der Waals surface area contributed by atoms with Crippen LogP contribution in [0.25, 0.3) is 11.1 Å². The number of rotatable bonds is 2. The number of aromatic nitrogens is 1. The third-order valence-electron chi connectivity index (χ3n) is 3.30. The molecular weight excluding hydrogens is 202 g/mol. The molecule has 1 aliphatic rings. The van der Waals surface area contributed by atoms with Gasteiger partial charge in [0.2, 0.25) is 0 Å². The topological polar surface area (TPSA) is 41.3 Å². The molecule has 16 heavy (non-hydrogen) atoms. The summed E-state index contributed by atoms with van der Waals surface area (Å²) in [5.41, 5.74) is 6.29. The maximum Gasteiger partial charge on any atom is 0.152 e. The Balaban J connectivity index is 1.88. The first kappa shape index (κ1) is 9.81. The SMILES string of the molecule is CNN1CC[C@@H](c2cnc3ccoc3c2)C1. The van der Waals surface area contributed by atoms with Gasteiger partial charge in [-0.2, -0.15) is 0 Å². The molecule has 2 aromatic rings. The summed E-state index contributed by atoms with van der Waals surface area (Å²) in [6.45, 7) is 2.14. The minimum atomic E-state index is 0.564. The predicted molar refractivity (Wildman–Crippen MR) is 62.0 cm³/mol. The number of furan rings is 1. The van der Waals surface area contributed by atoms with Crippen molar-refractivity contribution < 1.29 is 4.42 Å². The summed E-state index contributed by atoms with van der Waals surface area (Å²) in [5.74, 6) is 0.564. The van der Waals surface area contributed by atoms with Crippen LogP contribution in [0, 0.1) is 0 Å². The molecule has 0 aliphatic carbocycles. The largest absolute Gasteiger partial charge is 0.463 e. The lowest BCUT2D eigenvalue weighted by Gasteiger charge is -2.13.